The Labute approximate surface area is 484 Å². The maximum absolute atomic E-state index is 5.61. The molecule has 0 fully saturated rings. The second kappa shape index (κ2) is 18.5. The first-order chi connectivity index (χ1) is 41.4. The van der Waals surface area contributed by atoms with Gasteiger partial charge in [0.15, 0.2) is 0 Å². The van der Waals surface area contributed by atoms with Gasteiger partial charge in [0, 0.05) is 24.8 Å². The van der Waals surface area contributed by atoms with Crippen LogP contribution in [0.25, 0.3) is 150 Å². The quantitative estimate of drug-likeness (QED) is 0.141. The second-order valence-electron chi connectivity index (χ2n) is 22.6. The molecular weight excluding hydrogens is 1040 g/mol. The molecule has 1 aliphatic rings. The Bertz CT molecular complexity index is 5120. The Morgan fingerprint density at radius 2 is 0.810 bits per heavy atom. The zero-order chi connectivity index (χ0) is 55.6. The molecule has 0 saturated carbocycles. The Morgan fingerprint density at radius 3 is 1.43 bits per heavy atom. The summed E-state index contributed by atoms with van der Waals surface area (Å²) in [6.45, 7) is 5.04. The number of para-hydroxylation sites is 4. The van der Waals surface area contributed by atoms with Crippen LogP contribution in [0.2, 0.25) is 13.1 Å². The number of nitrogens with zero attached hydrogens (tertiary/aromatic N) is 9. The average molecular weight is 1090 g/mol. The van der Waals surface area contributed by atoms with Crippen LogP contribution in [0.5, 0.6) is 0 Å². The number of pyridine rings is 3. The number of hydrogen-bond donors (Lipinski definition) is 0. The summed E-state index contributed by atoms with van der Waals surface area (Å²) in [7, 11) is -2.83. The van der Waals surface area contributed by atoms with E-state index in [4.69, 9.17) is 19.9 Å². The fourth-order valence-electron chi connectivity index (χ4n) is 13.8. The molecule has 9 aromatic carbocycles. The van der Waals surface area contributed by atoms with E-state index in [0.29, 0.717) is 17.7 Å². The van der Waals surface area contributed by atoms with E-state index in [2.05, 4.69) is 255 Å². The van der Waals surface area contributed by atoms with Gasteiger partial charge in [-0.15, -0.1) is 0 Å². The van der Waals surface area contributed by atoms with Gasteiger partial charge in [0.25, 0.3) is 0 Å². The third-order valence-electron chi connectivity index (χ3n) is 17.6. The molecule has 17 rings (SSSR count). The number of hydrogen-bond acceptors (Lipinski definition) is 6. The molecule has 16 aromatic rings. The van der Waals surface area contributed by atoms with Crippen molar-refractivity contribution in [1.29, 1.82) is 0 Å². The fraction of sp³-hybridized carbons (Fsp3) is 0.0270. The van der Waals surface area contributed by atoms with Crippen LogP contribution in [0.15, 0.2) is 262 Å². The summed E-state index contributed by atoms with van der Waals surface area (Å²) >= 11 is 0. The molecule has 0 spiro atoms. The second-order valence-corrected chi connectivity index (χ2v) is 27.6. The van der Waals surface area contributed by atoms with E-state index in [9.17, 15) is 0 Å². The number of rotatable bonds is 8. The van der Waals surface area contributed by atoms with Gasteiger partial charge in [-0.3, -0.25) is 9.97 Å². The molecule has 10 heteroatoms. The zero-order valence-electron chi connectivity index (χ0n) is 45.9. The molecule has 9 nitrogen and oxygen atoms in total. The Balaban J connectivity index is 0.893. The van der Waals surface area contributed by atoms with Crippen LogP contribution in [0.4, 0.5) is 0 Å². The Morgan fingerprint density at radius 1 is 0.321 bits per heavy atom. The van der Waals surface area contributed by atoms with E-state index in [0.717, 1.165) is 88.4 Å². The molecular formula is C74H50N9Si-. The van der Waals surface area contributed by atoms with Gasteiger partial charge in [-0.25, -0.2) is 0 Å². The Hall–Kier alpha value is -10.9. The SMILES string of the molecule is C[SiH-]1(C)c2ccc(-c3ccc4c(c3)c3ccccc3n4-c3ccccc3)cc2-c2ccnc(-c3cc(-c4ccccc4)c(-c4nc(-n5c6ccccc6c6cnccc65)nc(-n5c6ccccc6c6cnccc65)n4)cc3-c3ccccc3)c21. The fourth-order valence-corrected chi connectivity index (χ4v) is 17.7. The molecule has 0 saturated heterocycles. The summed E-state index contributed by atoms with van der Waals surface area (Å²) in [5.41, 5.74) is 19.4. The standard InChI is InChI=1S/C74H50N9Si/c1-84(2)69-33-31-49(48-30-32-66-57(40-48)51-24-12-15-27-63(51)81(66)50-22-10-5-11-23-50)41-58(69)54-34-39-77-70(71(54)84)59-42-56(47-20-8-4-9-21-47)60(43-55(59)46-18-6-3-7-19-46)72-78-73(82-64-28-16-13-25-52(64)61-44-75-37-35-67(61)82)80-74(79-72)83-65-29-17-14-26-53(65)62-45-76-38-36-68(62)83/h3-45,84H,1-2H3/q-1. The molecule has 1 aliphatic heterocycles. The van der Waals surface area contributed by atoms with Crippen molar-refractivity contribution in [3.05, 3.63) is 262 Å². The first kappa shape index (κ1) is 47.8. The third kappa shape index (κ3) is 7.20. The molecule has 7 aromatic heterocycles. The van der Waals surface area contributed by atoms with Crippen molar-refractivity contribution in [2.75, 3.05) is 0 Å². The van der Waals surface area contributed by atoms with Crippen molar-refractivity contribution in [2.45, 2.75) is 13.1 Å². The zero-order valence-corrected chi connectivity index (χ0v) is 47.1. The molecule has 0 unspecified atom stereocenters. The van der Waals surface area contributed by atoms with Gasteiger partial charge < -0.3 is 0 Å². The summed E-state index contributed by atoms with van der Waals surface area (Å²) in [5, 5.41) is 9.41. The van der Waals surface area contributed by atoms with E-state index in [-0.39, 0.29) is 0 Å². The normalized spacial score (nSPS) is 13.1. The van der Waals surface area contributed by atoms with Gasteiger partial charge >= 0.3 is 410 Å². The molecule has 0 radical (unpaired) electrons. The van der Waals surface area contributed by atoms with Crippen molar-refractivity contribution in [1.82, 2.24) is 43.6 Å². The minimum absolute atomic E-state index is 0.490. The van der Waals surface area contributed by atoms with Crippen LogP contribution in [0, 0.1) is 0 Å². The van der Waals surface area contributed by atoms with Crippen molar-refractivity contribution >= 4 is 83.9 Å². The average Bonchev–Trinajstić information content (AvgIpc) is 1.91. The Kier molecular flexibility index (Phi) is 10.6. The number of aromatic nitrogens is 9. The molecule has 0 aliphatic carbocycles. The first-order valence-corrected chi connectivity index (χ1v) is 32.1. The summed E-state index contributed by atoms with van der Waals surface area (Å²) in [4.78, 5) is 31.4. The van der Waals surface area contributed by atoms with Crippen molar-refractivity contribution in [3.8, 4) is 84.7 Å². The summed E-state index contributed by atoms with van der Waals surface area (Å²) in [6.07, 6.45) is 9.55. The molecule has 84 heavy (non-hydrogen) atoms. The van der Waals surface area contributed by atoms with Gasteiger partial charge in [-0.1, -0.05) is 42.5 Å². The van der Waals surface area contributed by atoms with Gasteiger partial charge in [0.1, 0.15) is 0 Å². The van der Waals surface area contributed by atoms with Gasteiger partial charge in [0.05, 0.1) is 0 Å². The molecule has 0 bridgehead atoms. The molecule has 0 N–H and O–H groups in total. The van der Waals surface area contributed by atoms with Crippen LogP contribution in [-0.4, -0.2) is 51.7 Å². The predicted octanol–water partition coefficient (Wildman–Crippen LogP) is 16.2. The molecule has 0 atom stereocenters. The first-order valence-electron chi connectivity index (χ1n) is 28.6. The summed E-state index contributed by atoms with van der Waals surface area (Å²) in [6, 6.07) is 82.8. The van der Waals surface area contributed by atoms with Crippen molar-refractivity contribution < 1.29 is 0 Å². The van der Waals surface area contributed by atoms with Gasteiger partial charge in [-0.2, -0.15) is 0 Å². The van der Waals surface area contributed by atoms with Crippen LogP contribution < -0.4 is 10.4 Å². The van der Waals surface area contributed by atoms with E-state index >= 15 is 0 Å². The van der Waals surface area contributed by atoms with Crippen LogP contribution in [-0.2, 0) is 0 Å². The topological polar surface area (TPSA) is 92.1 Å². The molecule has 0 amide bonds. The summed E-state index contributed by atoms with van der Waals surface area (Å²) in [5.74, 6) is 1.51. The van der Waals surface area contributed by atoms with Crippen LogP contribution >= 0.6 is 0 Å². The van der Waals surface area contributed by atoms with Crippen LogP contribution in [0.1, 0.15) is 0 Å². The van der Waals surface area contributed by atoms with E-state index in [1.807, 2.05) is 43.1 Å². The minimum atomic E-state index is -2.83. The van der Waals surface area contributed by atoms with Crippen molar-refractivity contribution in [2.24, 2.45) is 0 Å². The van der Waals surface area contributed by atoms with E-state index in [1.165, 1.54) is 54.4 Å². The van der Waals surface area contributed by atoms with Gasteiger partial charge in [-0.05, 0) is 0 Å². The number of fused-ring (bicyclic) bond motifs is 12. The maximum atomic E-state index is 5.61. The summed E-state index contributed by atoms with van der Waals surface area (Å²) < 4.78 is 6.69. The van der Waals surface area contributed by atoms with E-state index in [1.54, 1.807) is 0 Å². The predicted molar refractivity (Wildman–Crippen MR) is 347 cm³/mol. The van der Waals surface area contributed by atoms with Crippen LogP contribution in [0.3, 0.4) is 0 Å². The molecule has 396 valence electrons. The number of benzene rings is 9. The van der Waals surface area contributed by atoms with Gasteiger partial charge in [0.2, 0.25) is 0 Å². The third-order valence-corrected chi connectivity index (χ3v) is 21.7. The monoisotopic (exact) mass is 1090 g/mol. The van der Waals surface area contributed by atoms with E-state index < -0.39 is 8.07 Å². The van der Waals surface area contributed by atoms with Crippen molar-refractivity contribution in [3.63, 3.8) is 0 Å². The molecule has 8 heterocycles.